The van der Waals surface area contributed by atoms with Crippen LogP contribution in [0.15, 0.2) is 0 Å². The SMILES string of the molecule is CCCCCCCCCCCC(CC(=O)OCCSCC(NC(=O)OC(C)(C)C)C(=O)NC(COC(C)(C)C)C(=O)OC)OC(C)=O. The second-order valence-electron chi connectivity index (χ2n) is 13.6. The molecule has 47 heavy (non-hydrogen) atoms. The van der Waals surface area contributed by atoms with E-state index in [1.165, 1.54) is 64.3 Å². The maximum Gasteiger partial charge on any atom is 0.408 e. The fourth-order valence-corrected chi connectivity index (χ4v) is 5.17. The number of amides is 2. The van der Waals surface area contributed by atoms with Gasteiger partial charge in [0.05, 0.1) is 25.7 Å². The minimum absolute atomic E-state index is 0.0297. The number of unbranched alkanes of at least 4 members (excludes halogenated alkanes) is 8. The maximum atomic E-state index is 13.2. The van der Waals surface area contributed by atoms with Crippen molar-refractivity contribution in [1.82, 2.24) is 10.6 Å². The number of esters is 3. The molecule has 0 spiro atoms. The Bertz CT molecular complexity index is 933. The second-order valence-corrected chi connectivity index (χ2v) is 14.7. The van der Waals surface area contributed by atoms with Gasteiger partial charge in [-0.1, -0.05) is 58.3 Å². The zero-order valence-corrected chi connectivity index (χ0v) is 31.1. The smallest absolute Gasteiger partial charge is 0.408 e. The van der Waals surface area contributed by atoms with E-state index < -0.39 is 59.3 Å². The van der Waals surface area contributed by atoms with E-state index in [0.717, 1.165) is 19.3 Å². The summed E-state index contributed by atoms with van der Waals surface area (Å²) in [4.78, 5) is 62.1. The van der Waals surface area contributed by atoms with Gasteiger partial charge in [-0.2, -0.15) is 11.8 Å². The van der Waals surface area contributed by atoms with Gasteiger partial charge >= 0.3 is 24.0 Å². The van der Waals surface area contributed by atoms with Gasteiger partial charge in [-0.3, -0.25) is 14.4 Å². The molecule has 2 N–H and O–H groups in total. The molecule has 0 aliphatic carbocycles. The van der Waals surface area contributed by atoms with E-state index >= 15 is 0 Å². The van der Waals surface area contributed by atoms with Crippen molar-refractivity contribution in [3.8, 4) is 0 Å². The zero-order valence-electron chi connectivity index (χ0n) is 30.3. The number of thioether (sulfide) groups is 1. The summed E-state index contributed by atoms with van der Waals surface area (Å²) < 4.78 is 26.5. The van der Waals surface area contributed by atoms with Gasteiger partial charge < -0.3 is 34.3 Å². The van der Waals surface area contributed by atoms with Gasteiger partial charge in [0, 0.05) is 18.4 Å². The van der Waals surface area contributed by atoms with Crippen LogP contribution in [0.25, 0.3) is 0 Å². The van der Waals surface area contributed by atoms with Crippen LogP contribution in [0.5, 0.6) is 0 Å². The van der Waals surface area contributed by atoms with Crippen molar-refractivity contribution in [2.24, 2.45) is 0 Å². The molecule has 0 aliphatic heterocycles. The van der Waals surface area contributed by atoms with Crippen LogP contribution in [0.4, 0.5) is 4.79 Å². The first-order chi connectivity index (χ1) is 22.0. The third-order valence-electron chi connectivity index (χ3n) is 6.62. The van der Waals surface area contributed by atoms with Crippen LogP contribution in [0.3, 0.4) is 0 Å². The van der Waals surface area contributed by atoms with Gasteiger partial charge in [0.1, 0.15) is 24.4 Å². The Kier molecular flexibility index (Phi) is 23.3. The molecule has 2 amide bonds. The monoisotopic (exact) mass is 690 g/mol. The maximum absolute atomic E-state index is 13.2. The Balaban J connectivity index is 4.94. The molecule has 3 unspecified atom stereocenters. The van der Waals surface area contributed by atoms with Gasteiger partial charge in [-0.15, -0.1) is 0 Å². The van der Waals surface area contributed by atoms with E-state index in [1.54, 1.807) is 20.8 Å². The highest BCUT2D eigenvalue weighted by molar-refractivity contribution is 7.99. The Morgan fingerprint density at radius 1 is 0.787 bits per heavy atom. The van der Waals surface area contributed by atoms with E-state index in [-0.39, 0.29) is 25.4 Å². The van der Waals surface area contributed by atoms with E-state index in [0.29, 0.717) is 12.2 Å². The minimum atomic E-state index is -1.10. The summed E-state index contributed by atoms with van der Waals surface area (Å²) in [5, 5.41) is 5.15. The van der Waals surface area contributed by atoms with Crippen LogP contribution >= 0.6 is 11.8 Å². The van der Waals surface area contributed by atoms with Crippen molar-refractivity contribution in [3.63, 3.8) is 0 Å². The topological polar surface area (TPSA) is 156 Å². The molecule has 0 bridgehead atoms. The molecule has 274 valence electrons. The molecule has 0 fully saturated rings. The number of methoxy groups -OCH3 is 1. The molecule has 13 heteroatoms. The summed E-state index contributed by atoms with van der Waals surface area (Å²) in [5.74, 6) is -1.80. The normalized spacial score (nSPS) is 13.6. The first-order valence-electron chi connectivity index (χ1n) is 16.9. The molecule has 0 aromatic rings. The summed E-state index contributed by atoms with van der Waals surface area (Å²) in [6.07, 6.45) is 9.75. The number of hydrogen-bond acceptors (Lipinski definition) is 11. The molecule has 0 aromatic carbocycles. The summed E-state index contributed by atoms with van der Waals surface area (Å²) in [5.41, 5.74) is -1.36. The average Bonchev–Trinajstić information content (AvgIpc) is 2.95. The van der Waals surface area contributed by atoms with Crippen LogP contribution in [0.1, 0.15) is 126 Å². The largest absolute Gasteiger partial charge is 0.467 e. The molecule has 0 saturated carbocycles. The third-order valence-corrected chi connectivity index (χ3v) is 7.65. The van der Waals surface area contributed by atoms with Crippen LogP contribution in [0.2, 0.25) is 0 Å². The summed E-state index contributed by atoms with van der Waals surface area (Å²) in [7, 11) is 1.21. The van der Waals surface area contributed by atoms with E-state index in [4.69, 9.17) is 23.7 Å². The van der Waals surface area contributed by atoms with E-state index in [2.05, 4.69) is 17.6 Å². The number of carbonyl (C=O) groups excluding carboxylic acids is 5. The Labute approximate surface area is 286 Å². The molecular formula is C34H62N2O10S. The van der Waals surface area contributed by atoms with E-state index in [9.17, 15) is 24.0 Å². The number of nitrogens with one attached hydrogen (secondary N) is 2. The zero-order chi connectivity index (χ0) is 35.9. The van der Waals surface area contributed by atoms with Crippen LogP contribution in [-0.2, 0) is 42.9 Å². The van der Waals surface area contributed by atoms with Crippen molar-refractivity contribution >= 4 is 41.7 Å². The Morgan fingerprint density at radius 3 is 1.91 bits per heavy atom. The number of ether oxygens (including phenoxy) is 5. The highest BCUT2D eigenvalue weighted by Crippen LogP contribution is 2.16. The second kappa shape index (κ2) is 24.6. The number of carbonyl (C=O) groups is 5. The standard InChI is InChI=1S/C34H62N2O10S/c1-10-11-12-13-14-15-16-17-18-19-26(45-25(2)37)22-29(38)43-20-21-47-24-28(36-32(41)46-34(6,7)8)30(39)35-27(31(40)42-9)23-44-33(3,4)5/h26-28H,10-24H2,1-9H3,(H,35,39)(H,36,41). The molecule has 0 heterocycles. The van der Waals surface area contributed by atoms with Crippen LogP contribution in [0, 0.1) is 0 Å². The minimum Gasteiger partial charge on any atom is -0.467 e. The van der Waals surface area contributed by atoms with Gasteiger partial charge in [0.25, 0.3) is 0 Å². The lowest BCUT2D eigenvalue weighted by Crippen LogP contribution is -2.55. The first-order valence-corrected chi connectivity index (χ1v) is 18.0. The molecule has 0 rings (SSSR count). The number of hydrogen-bond donors (Lipinski definition) is 2. The van der Waals surface area contributed by atoms with Crippen molar-refractivity contribution < 1.29 is 47.7 Å². The van der Waals surface area contributed by atoms with Crippen molar-refractivity contribution in [2.75, 3.05) is 31.8 Å². The summed E-state index contributed by atoms with van der Waals surface area (Å²) >= 11 is 1.27. The van der Waals surface area contributed by atoms with E-state index in [1.807, 2.05) is 20.8 Å². The fourth-order valence-electron chi connectivity index (χ4n) is 4.33. The van der Waals surface area contributed by atoms with Gasteiger partial charge in [-0.05, 0) is 54.4 Å². The molecule has 0 saturated heterocycles. The van der Waals surface area contributed by atoms with Crippen molar-refractivity contribution in [3.05, 3.63) is 0 Å². The van der Waals surface area contributed by atoms with Crippen LogP contribution in [-0.4, -0.2) is 91.1 Å². The quantitative estimate of drug-likeness (QED) is 0.0710. The van der Waals surface area contributed by atoms with Gasteiger partial charge in [-0.25, -0.2) is 9.59 Å². The predicted octanol–water partition coefficient (Wildman–Crippen LogP) is 5.87. The highest BCUT2D eigenvalue weighted by Gasteiger charge is 2.30. The molecule has 0 radical (unpaired) electrons. The predicted molar refractivity (Wildman–Crippen MR) is 183 cm³/mol. The van der Waals surface area contributed by atoms with Gasteiger partial charge in [0.15, 0.2) is 6.04 Å². The summed E-state index contributed by atoms with van der Waals surface area (Å²) in [6, 6.07) is -2.17. The average molecular weight is 691 g/mol. The molecule has 0 aliphatic rings. The van der Waals surface area contributed by atoms with Crippen molar-refractivity contribution in [1.29, 1.82) is 0 Å². The molecule has 3 atom stereocenters. The fraction of sp³-hybridized carbons (Fsp3) is 0.853. The summed E-state index contributed by atoms with van der Waals surface area (Å²) in [6.45, 7) is 14.0. The lowest BCUT2D eigenvalue weighted by molar-refractivity contribution is -0.153. The lowest BCUT2D eigenvalue weighted by atomic mass is 10.0. The molecule has 12 nitrogen and oxygen atoms in total. The highest BCUT2D eigenvalue weighted by atomic mass is 32.2. The van der Waals surface area contributed by atoms with Crippen molar-refractivity contribution in [2.45, 2.75) is 155 Å². The Morgan fingerprint density at radius 2 is 1.38 bits per heavy atom. The molecule has 0 aromatic heterocycles. The number of alkyl carbamates (subject to hydrolysis) is 1. The Hall–Kier alpha value is -2.54. The lowest BCUT2D eigenvalue weighted by Gasteiger charge is -2.26. The number of rotatable bonds is 24. The van der Waals surface area contributed by atoms with Gasteiger partial charge in [0.2, 0.25) is 5.91 Å². The first kappa shape index (κ1) is 44.5. The molecular weight excluding hydrogens is 628 g/mol. The van der Waals surface area contributed by atoms with Crippen LogP contribution < -0.4 is 10.6 Å². The third kappa shape index (κ3) is 26.1.